The molecule has 0 bridgehead atoms. The number of fused-ring (bicyclic) bond motifs is 1. The SMILES string of the molecule is CCOC(=O)C1CCN(c2nc3c(C)cccn3c(=O)c2/C=C2\SC(=S)N(C(C)CC)C2=O)CC1. The Bertz CT molecular complexity index is 1260. The van der Waals surface area contributed by atoms with Crippen molar-refractivity contribution in [2.75, 3.05) is 24.6 Å². The molecule has 0 spiro atoms. The van der Waals surface area contributed by atoms with Crippen LogP contribution in [0.1, 0.15) is 51.2 Å². The van der Waals surface area contributed by atoms with Gasteiger partial charge in [0.1, 0.15) is 15.8 Å². The van der Waals surface area contributed by atoms with Crippen LogP contribution in [0.2, 0.25) is 0 Å². The van der Waals surface area contributed by atoms with Gasteiger partial charge in [-0.3, -0.25) is 23.7 Å². The Morgan fingerprint density at radius 1 is 1.31 bits per heavy atom. The molecular weight excluding hydrogens is 484 g/mol. The van der Waals surface area contributed by atoms with Crippen molar-refractivity contribution < 1.29 is 14.3 Å². The molecule has 4 rings (SSSR count). The zero-order valence-corrected chi connectivity index (χ0v) is 22.1. The number of piperidine rings is 1. The number of rotatable bonds is 6. The van der Waals surface area contributed by atoms with Crippen LogP contribution in [-0.2, 0) is 14.3 Å². The summed E-state index contributed by atoms with van der Waals surface area (Å²) in [4.78, 5) is 48.0. The van der Waals surface area contributed by atoms with E-state index in [-0.39, 0.29) is 29.4 Å². The lowest BCUT2D eigenvalue weighted by atomic mass is 9.96. The molecule has 2 aromatic heterocycles. The number of thioether (sulfide) groups is 1. The fraction of sp³-hybridized carbons (Fsp3) is 0.480. The molecule has 2 aromatic rings. The summed E-state index contributed by atoms with van der Waals surface area (Å²) in [6.07, 6.45) is 5.33. The van der Waals surface area contributed by atoms with Crippen molar-refractivity contribution in [2.45, 2.75) is 53.0 Å². The van der Waals surface area contributed by atoms with Crippen molar-refractivity contribution in [3.05, 3.63) is 44.7 Å². The van der Waals surface area contributed by atoms with Gasteiger partial charge in [0.2, 0.25) is 0 Å². The smallest absolute Gasteiger partial charge is 0.309 e. The van der Waals surface area contributed by atoms with Gasteiger partial charge in [0, 0.05) is 25.3 Å². The summed E-state index contributed by atoms with van der Waals surface area (Å²) in [5.74, 6) is 0.00340. The highest BCUT2D eigenvalue weighted by molar-refractivity contribution is 8.26. The second-order valence-electron chi connectivity index (χ2n) is 8.86. The largest absolute Gasteiger partial charge is 0.466 e. The number of anilines is 1. The van der Waals surface area contributed by atoms with Gasteiger partial charge in [-0.25, -0.2) is 4.98 Å². The Hall–Kier alpha value is -2.72. The van der Waals surface area contributed by atoms with Crippen molar-refractivity contribution in [2.24, 2.45) is 5.92 Å². The Morgan fingerprint density at radius 3 is 2.69 bits per heavy atom. The van der Waals surface area contributed by atoms with E-state index < -0.39 is 0 Å². The molecule has 10 heteroatoms. The average Bonchev–Trinajstić information content (AvgIpc) is 3.13. The van der Waals surface area contributed by atoms with Gasteiger partial charge in [-0.2, -0.15) is 0 Å². The Balaban J connectivity index is 1.77. The Labute approximate surface area is 214 Å². The van der Waals surface area contributed by atoms with Crippen molar-refractivity contribution in [3.8, 4) is 0 Å². The van der Waals surface area contributed by atoms with Crippen LogP contribution in [0.15, 0.2) is 28.0 Å². The number of hydrogen-bond acceptors (Lipinski definition) is 8. The molecule has 0 N–H and O–H groups in total. The third-order valence-corrected chi connectivity index (χ3v) is 7.94. The van der Waals surface area contributed by atoms with E-state index in [1.54, 1.807) is 24.1 Å². The van der Waals surface area contributed by atoms with E-state index in [9.17, 15) is 14.4 Å². The van der Waals surface area contributed by atoms with Crippen molar-refractivity contribution in [3.63, 3.8) is 0 Å². The summed E-state index contributed by atoms with van der Waals surface area (Å²) in [7, 11) is 0. The van der Waals surface area contributed by atoms with Crippen LogP contribution in [0.4, 0.5) is 5.82 Å². The summed E-state index contributed by atoms with van der Waals surface area (Å²) in [5, 5.41) is 0. The van der Waals surface area contributed by atoms with Crippen molar-refractivity contribution >= 4 is 57.7 Å². The molecule has 1 amide bonds. The number of carbonyl (C=O) groups is 2. The lowest BCUT2D eigenvalue weighted by Gasteiger charge is -2.32. The number of aryl methyl sites for hydroxylation is 1. The molecule has 0 saturated carbocycles. The molecule has 35 heavy (non-hydrogen) atoms. The van der Waals surface area contributed by atoms with Gasteiger partial charge in [0.05, 0.1) is 23.0 Å². The first kappa shape index (κ1) is 25.4. The number of ether oxygens (including phenoxy) is 1. The van der Waals surface area contributed by atoms with E-state index in [0.29, 0.717) is 58.8 Å². The number of esters is 1. The number of thiocarbonyl (C=S) groups is 1. The van der Waals surface area contributed by atoms with Crippen LogP contribution in [0, 0.1) is 12.8 Å². The average molecular weight is 515 g/mol. The lowest BCUT2D eigenvalue weighted by molar-refractivity contribution is -0.148. The molecule has 2 aliphatic heterocycles. The number of carbonyl (C=O) groups excluding carboxylic acids is 2. The van der Waals surface area contributed by atoms with Crippen LogP contribution in [0.5, 0.6) is 0 Å². The topological polar surface area (TPSA) is 84.2 Å². The Kier molecular flexibility index (Phi) is 7.61. The molecule has 2 aliphatic rings. The monoisotopic (exact) mass is 514 g/mol. The minimum Gasteiger partial charge on any atom is -0.466 e. The van der Waals surface area contributed by atoms with Gasteiger partial charge < -0.3 is 9.64 Å². The number of nitrogens with zero attached hydrogens (tertiary/aromatic N) is 4. The van der Waals surface area contributed by atoms with E-state index in [4.69, 9.17) is 21.9 Å². The first-order valence-corrected chi connectivity index (χ1v) is 13.2. The fourth-order valence-corrected chi connectivity index (χ4v) is 5.87. The fourth-order valence-electron chi connectivity index (χ4n) is 4.43. The van der Waals surface area contributed by atoms with Crippen LogP contribution in [0.3, 0.4) is 0 Å². The minimum atomic E-state index is -0.241. The highest BCUT2D eigenvalue weighted by Gasteiger charge is 2.36. The third kappa shape index (κ3) is 4.86. The molecular formula is C25H30N4O4S2. The molecule has 0 aliphatic carbocycles. The quantitative estimate of drug-likeness (QED) is 0.327. The maximum absolute atomic E-state index is 13.7. The van der Waals surface area contributed by atoms with Crippen LogP contribution < -0.4 is 10.5 Å². The van der Waals surface area contributed by atoms with Gasteiger partial charge in [0.25, 0.3) is 11.5 Å². The molecule has 1 unspecified atom stereocenters. The highest BCUT2D eigenvalue weighted by Crippen LogP contribution is 2.35. The zero-order chi connectivity index (χ0) is 25.3. The minimum absolute atomic E-state index is 0.0201. The van der Waals surface area contributed by atoms with Crippen LogP contribution in [-0.4, -0.2) is 56.2 Å². The summed E-state index contributed by atoms with van der Waals surface area (Å²) >= 11 is 6.69. The standard InChI is InChI=1S/C25H30N4O4S2/c1-5-16(4)29-23(31)19(35-25(29)34)14-18-21(26-20-15(3)8-7-11-28(20)22(18)30)27-12-9-17(10-13-27)24(32)33-6-2/h7-8,11,14,16-17H,5-6,9-10,12-13H2,1-4H3/b19-14-. The number of amides is 1. The number of aromatic nitrogens is 2. The maximum atomic E-state index is 13.7. The first-order valence-electron chi connectivity index (χ1n) is 12.0. The van der Waals surface area contributed by atoms with E-state index in [1.807, 2.05) is 37.8 Å². The predicted molar refractivity (Wildman–Crippen MR) is 143 cm³/mol. The second kappa shape index (κ2) is 10.5. The summed E-state index contributed by atoms with van der Waals surface area (Å²) in [5.41, 5.74) is 1.56. The molecule has 0 radical (unpaired) electrons. The van der Waals surface area contributed by atoms with E-state index in [0.717, 1.165) is 12.0 Å². The molecule has 2 fully saturated rings. The van der Waals surface area contributed by atoms with Crippen molar-refractivity contribution in [1.82, 2.24) is 14.3 Å². The maximum Gasteiger partial charge on any atom is 0.309 e. The van der Waals surface area contributed by atoms with E-state index in [1.165, 1.54) is 16.2 Å². The Morgan fingerprint density at radius 2 is 2.03 bits per heavy atom. The van der Waals surface area contributed by atoms with Gasteiger partial charge in [-0.1, -0.05) is 37.0 Å². The molecule has 0 aromatic carbocycles. The van der Waals surface area contributed by atoms with E-state index >= 15 is 0 Å². The third-order valence-electron chi connectivity index (χ3n) is 6.61. The number of pyridine rings is 1. The molecule has 8 nitrogen and oxygen atoms in total. The molecule has 186 valence electrons. The summed E-state index contributed by atoms with van der Waals surface area (Å²) in [6.45, 7) is 9.17. The van der Waals surface area contributed by atoms with Crippen LogP contribution in [0.25, 0.3) is 11.7 Å². The highest BCUT2D eigenvalue weighted by atomic mass is 32.2. The van der Waals surface area contributed by atoms with Gasteiger partial charge in [0.15, 0.2) is 0 Å². The van der Waals surface area contributed by atoms with Gasteiger partial charge in [-0.05, 0) is 57.7 Å². The molecule has 4 heterocycles. The number of hydrogen-bond donors (Lipinski definition) is 0. The predicted octanol–water partition coefficient (Wildman–Crippen LogP) is 3.78. The second-order valence-corrected chi connectivity index (χ2v) is 10.5. The normalized spacial score (nSPS) is 19.1. The summed E-state index contributed by atoms with van der Waals surface area (Å²) in [6, 6.07) is 3.70. The van der Waals surface area contributed by atoms with Gasteiger partial charge in [-0.15, -0.1) is 0 Å². The lowest BCUT2D eigenvalue weighted by Crippen LogP contribution is -2.39. The molecule has 1 atom stereocenters. The zero-order valence-electron chi connectivity index (χ0n) is 20.4. The molecule has 2 saturated heterocycles. The van der Waals surface area contributed by atoms with Gasteiger partial charge >= 0.3 is 5.97 Å². The van der Waals surface area contributed by atoms with Crippen molar-refractivity contribution in [1.29, 1.82) is 0 Å². The van der Waals surface area contributed by atoms with E-state index in [2.05, 4.69) is 0 Å². The van der Waals surface area contributed by atoms with Crippen LogP contribution >= 0.6 is 24.0 Å². The first-order chi connectivity index (χ1) is 16.8. The summed E-state index contributed by atoms with van der Waals surface area (Å²) < 4.78 is 7.21.